The van der Waals surface area contributed by atoms with E-state index in [1.54, 1.807) is 88.0 Å². The molecule has 0 heterocycles. The average molecular weight is 788 g/mol. The van der Waals surface area contributed by atoms with Gasteiger partial charge in [-0.2, -0.15) is 0 Å². The second-order valence-electron chi connectivity index (χ2n) is 16.8. The molecule has 0 aromatic heterocycles. The van der Waals surface area contributed by atoms with E-state index in [2.05, 4.69) is 21.3 Å². The number of hydrogen-bond donors (Lipinski definition) is 5. The molecule has 0 aliphatic rings. The van der Waals surface area contributed by atoms with Crippen molar-refractivity contribution in [1.82, 2.24) is 31.1 Å². The molecule has 0 radical (unpaired) electrons. The third-order valence-electron chi connectivity index (χ3n) is 6.54. The van der Waals surface area contributed by atoms with Crippen molar-refractivity contribution in [3.63, 3.8) is 0 Å². The first-order chi connectivity index (χ1) is 25.2. The fraction of sp³-hybridized carbons (Fsp3) is 0.811. The fourth-order valence-corrected chi connectivity index (χ4v) is 4.31. The van der Waals surface area contributed by atoms with Gasteiger partial charge in [-0.1, -0.05) is 12.8 Å². The number of guanidine groups is 1. The molecule has 0 aliphatic heterocycles. The molecular weight excluding hydrogens is 718 g/mol. The molecule has 0 saturated heterocycles. The molecule has 0 unspecified atom stereocenters. The van der Waals surface area contributed by atoms with E-state index in [1.807, 2.05) is 0 Å². The van der Waals surface area contributed by atoms with Crippen molar-refractivity contribution < 1.29 is 52.5 Å². The summed E-state index contributed by atoms with van der Waals surface area (Å²) >= 11 is 0. The maximum absolute atomic E-state index is 12.7. The molecule has 0 aromatic carbocycles. The van der Waals surface area contributed by atoms with Crippen LogP contribution in [0.2, 0.25) is 0 Å². The van der Waals surface area contributed by atoms with E-state index in [1.165, 1.54) is 0 Å². The summed E-state index contributed by atoms with van der Waals surface area (Å²) in [4.78, 5) is 76.4. The number of carbonyl (C=O) groups is 6. The molecule has 18 heteroatoms. The van der Waals surface area contributed by atoms with E-state index in [-0.39, 0.29) is 32.1 Å². The van der Waals surface area contributed by atoms with Crippen LogP contribution in [-0.4, -0.2) is 114 Å². The van der Waals surface area contributed by atoms with E-state index in [4.69, 9.17) is 29.1 Å². The van der Waals surface area contributed by atoms with Crippen molar-refractivity contribution in [3.05, 3.63) is 0 Å². The summed E-state index contributed by atoms with van der Waals surface area (Å²) in [5.41, 5.74) is -2.87. The summed E-state index contributed by atoms with van der Waals surface area (Å²) in [6.45, 7) is 21.9. The van der Waals surface area contributed by atoms with Crippen LogP contribution in [0.1, 0.15) is 134 Å². The Kier molecular flexibility index (Phi) is 22.1. The van der Waals surface area contributed by atoms with Gasteiger partial charge in [0.1, 0.15) is 22.4 Å². The highest BCUT2D eigenvalue weighted by atomic mass is 16.6. The Bertz CT molecular complexity index is 1250. The van der Waals surface area contributed by atoms with Crippen LogP contribution in [0.4, 0.5) is 24.0 Å². The van der Waals surface area contributed by atoms with Gasteiger partial charge in [-0.25, -0.2) is 28.9 Å². The van der Waals surface area contributed by atoms with Gasteiger partial charge >= 0.3 is 30.5 Å². The molecule has 55 heavy (non-hydrogen) atoms. The quantitative estimate of drug-likeness (QED) is 0.0337. The van der Waals surface area contributed by atoms with E-state index in [0.717, 1.165) is 4.90 Å². The van der Waals surface area contributed by atoms with Crippen LogP contribution < -0.4 is 21.3 Å². The Morgan fingerprint density at radius 2 is 1.04 bits per heavy atom. The van der Waals surface area contributed by atoms with Crippen LogP contribution in [0.5, 0.6) is 0 Å². The number of ether oxygens (including phenoxy) is 5. The van der Waals surface area contributed by atoms with Gasteiger partial charge in [0.2, 0.25) is 11.9 Å². The zero-order valence-corrected chi connectivity index (χ0v) is 35.3. The number of unbranched alkanes of at least 4 members (excludes halogenated alkanes) is 4. The van der Waals surface area contributed by atoms with Gasteiger partial charge in [-0.3, -0.25) is 15.5 Å². The van der Waals surface area contributed by atoms with E-state index in [0.29, 0.717) is 64.6 Å². The summed E-state index contributed by atoms with van der Waals surface area (Å²) in [7, 11) is 0. The first kappa shape index (κ1) is 50.5. The predicted octanol–water partition coefficient (Wildman–Crippen LogP) is 6.37. The number of hydrogen-bond acceptors (Lipinski definition) is 12. The second kappa shape index (κ2) is 24.1. The lowest BCUT2D eigenvalue weighted by Crippen LogP contribution is -2.49. The van der Waals surface area contributed by atoms with Gasteiger partial charge in [-0.15, -0.1) is 0 Å². The summed E-state index contributed by atoms with van der Waals surface area (Å²) < 4.78 is 26.5. The van der Waals surface area contributed by atoms with E-state index >= 15 is 0 Å². The first-order valence-electron chi connectivity index (χ1n) is 18.9. The van der Waals surface area contributed by atoms with Crippen molar-refractivity contribution in [2.45, 2.75) is 157 Å². The zero-order chi connectivity index (χ0) is 42.5. The van der Waals surface area contributed by atoms with Crippen LogP contribution in [-0.2, 0) is 28.5 Å². The SMILES string of the molecule is CC(C)(C)OC(=O)NCCCN(CCCCOC(=O)NCNC(=O)CCCCCCN(C(=N)NC(=O)OC(C)(C)C)C(=O)OC(C)(C)C)C(=O)OC(C)(C)C. The first-order valence-corrected chi connectivity index (χ1v) is 18.9. The zero-order valence-electron chi connectivity index (χ0n) is 35.3. The molecule has 0 bridgehead atoms. The van der Waals surface area contributed by atoms with Crippen molar-refractivity contribution in [2.24, 2.45) is 0 Å². The highest BCUT2D eigenvalue weighted by Gasteiger charge is 2.27. The van der Waals surface area contributed by atoms with Crippen LogP contribution in [0.25, 0.3) is 0 Å². The van der Waals surface area contributed by atoms with Crippen LogP contribution >= 0.6 is 0 Å². The Labute approximate surface area is 327 Å². The summed E-state index contributed by atoms with van der Waals surface area (Å²) in [5.74, 6) is -0.723. The lowest BCUT2D eigenvalue weighted by atomic mass is 10.1. The maximum atomic E-state index is 12.7. The average Bonchev–Trinajstić information content (AvgIpc) is 2.97. The molecule has 0 aromatic rings. The standard InChI is InChI=1S/C37H69N7O11/c1-34(2,3)52-30(47)39-21-19-23-43(32(49)54-36(7,8)9)22-17-18-25-51-29(46)41-26-40-27(45)20-15-13-14-16-24-44(33(50)55-37(10,11)12)28(38)42-31(48)53-35(4,5)6/h13-26H2,1-12H3,(H,39,47)(H,40,45)(H,41,46)(H2,38,42,48). The van der Waals surface area contributed by atoms with Gasteiger partial charge in [-0.05, 0) is 115 Å². The topological polar surface area (TPSA) is 227 Å². The summed E-state index contributed by atoms with van der Waals surface area (Å²) in [6, 6.07) is 0. The number of amides is 6. The molecule has 18 nitrogen and oxygen atoms in total. The lowest BCUT2D eigenvalue weighted by molar-refractivity contribution is -0.121. The van der Waals surface area contributed by atoms with Gasteiger partial charge in [0.05, 0.1) is 13.3 Å². The van der Waals surface area contributed by atoms with Crippen LogP contribution in [0, 0.1) is 5.41 Å². The Morgan fingerprint density at radius 3 is 1.62 bits per heavy atom. The van der Waals surface area contributed by atoms with Crippen LogP contribution in [0.3, 0.4) is 0 Å². The highest BCUT2D eigenvalue weighted by molar-refractivity contribution is 5.99. The van der Waals surface area contributed by atoms with Crippen molar-refractivity contribution in [3.8, 4) is 0 Å². The van der Waals surface area contributed by atoms with Crippen molar-refractivity contribution in [1.29, 1.82) is 5.41 Å². The molecule has 0 saturated carbocycles. The molecule has 0 spiro atoms. The Hall–Kier alpha value is -4.51. The molecule has 0 atom stereocenters. The molecule has 0 fully saturated rings. The minimum atomic E-state index is -0.862. The third kappa shape index (κ3) is 29.5. The van der Waals surface area contributed by atoms with E-state index < -0.39 is 58.8 Å². The molecule has 6 amide bonds. The minimum absolute atomic E-state index is 0.101. The monoisotopic (exact) mass is 788 g/mol. The van der Waals surface area contributed by atoms with Crippen LogP contribution in [0.15, 0.2) is 0 Å². The number of nitrogens with one attached hydrogen (secondary N) is 5. The largest absolute Gasteiger partial charge is 0.450 e. The van der Waals surface area contributed by atoms with E-state index in [9.17, 15) is 28.8 Å². The Morgan fingerprint density at radius 1 is 0.527 bits per heavy atom. The smallest absolute Gasteiger partial charge is 0.417 e. The van der Waals surface area contributed by atoms with Gasteiger partial charge in [0.15, 0.2) is 0 Å². The lowest BCUT2D eigenvalue weighted by Gasteiger charge is -2.28. The second-order valence-corrected chi connectivity index (χ2v) is 16.8. The van der Waals surface area contributed by atoms with Gasteiger partial charge in [0.25, 0.3) is 0 Å². The van der Waals surface area contributed by atoms with Gasteiger partial charge < -0.3 is 44.5 Å². The molecule has 318 valence electrons. The molecule has 0 rings (SSSR count). The third-order valence-corrected chi connectivity index (χ3v) is 6.54. The molecule has 0 aliphatic carbocycles. The normalized spacial score (nSPS) is 11.7. The summed E-state index contributed by atoms with van der Waals surface area (Å²) in [5, 5.41) is 18.3. The number of alkyl carbamates (subject to hydrolysis) is 3. The number of nitrogens with zero attached hydrogens (tertiary/aromatic N) is 2. The molecule has 5 N–H and O–H groups in total. The van der Waals surface area contributed by atoms with Crippen molar-refractivity contribution >= 4 is 42.3 Å². The maximum Gasteiger partial charge on any atom is 0.417 e. The Balaban J connectivity index is 4.47. The minimum Gasteiger partial charge on any atom is -0.450 e. The fourth-order valence-electron chi connectivity index (χ4n) is 4.31. The highest BCUT2D eigenvalue weighted by Crippen LogP contribution is 2.14. The number of carbonyl (C=O) groups excluding carboxylic acids is 6. The molecular formula is C37H69N7O11. The van der Waals surface area contributed by atoms with Gasteiger partial charge in [0, 0.05) is 32.6 Å². The summed E-state index contributed by atoms with van der Waals surface area (Å²) in [6.07, 6.45) is 0.708. The van der Waals surface area contributed by atoms with Crippen molar-refractivity contribution in [2.75, 3.05) is 39.5 Å². The number of rotatable bonds is 18. The predicted molar refractivity (Wildman–Crippen MR) is 207 cm³/mol.